The second-order valence-corrected chi connectivity index (χ2v) is 3.02. The van der Waals surface area contributed by atoms with Gasteiger partial charge in [0, 0.05) is 6.42 Å². The highest BCUT2D eigenvalue weighted by Gasteiger charge is 2.19. The lowest BCUT2D eigenvalue weighted by molar-refractivity contribution is -0.122. The molecule has 1 N–H and O–H groups in total. The second-order valence-electron chi connectivity index (χ2n) is 3.02. The highest BCUT2D eigenvalue weighted by Crippen LogP contribution is 2.13. The summed E-state index contributed by atoms with van der Waals surface area (Å²) in [6.45, 7) is 10.7. The summed E-state index contributed by atoms with van der Waals surface area (Å²) < 4.78 is 0. The topological polar surface area (TPSA) is 29.1 Å². The predicted molar refractivity (Wildman–Crippen MR) is 68.1 cm³/mol. The number of carbonyl (C=O) groups excluding carboxylic acids is 1. The average Bonchev–Trinajstić information content (AvgIpc) is 2.33. The van der Waals surface area contributed by atoms with E-state index in [1.165, 1.54) is 6.42 Å². The zero-order valence-electron chi connectivity index (χ0n) is 10.4. The Balaban J connectivity index is 0. The largest absolute Gasteiger partial charge is 0.311 e. The van der Waals surface area contributed by atoms with Crippen molar-refractivity contribution in [2.24, 2.45) is 0 Å². The van der Waals surface area contributed by atoms with Gasteiger partial charge in [-0.05, 0) is 19.9 Å². The van der Waals surface area contributed by atoms with Crippen molar-refractivity contribution in [1.82, 2.24) is 5.32 Å². The van der Waals surface area contributed by atoms with E-state index in [4.69, 9.17) is 0 Å². The molecule has 2 nitrogen and oxygen atoms in total. The normalized spacial score (nSPS) is 18.9. The van der Waals surface area contributed by atoms with Crippen molar-refractivity contribution in [3.8, 4) is 0 Å². The molecule has 0 saturated heterocycles. The lowest BCUT2D eigenvalue weighted by atomic mass is 9.94. The van der Waals surface area contributed by atoms with Crippen LogP contribution < -0.4 is 5.32 Å². The van der Waals surface area contributed by atoms with Gasteiger partial charge in [0.15, 0.2) is 0 Å². The molecule has 15 heavy (non-hydrogen) atoms. The summed E-state index contributed by atoms with van der Waals surface area (Å²) in [6, 6.07) is 0.166. The number of nitrogens with one attached hydrogen (secondary N) is 1. The number of allylic oxidation sites excluding steroid dienone is 2. The van der Waals surface area contributed by atoms with E-state index in [1.54, 1.807) is 12.2 Å². The first-order chi connectivity index (χ1) is 7.26. The van der Waals surface area contributed by atoms with Crippen LogP contribution in [0.1, 0.15) is 39.5 Å². The molecule has 0 aliphatic heterocycles. The Labute approximate surface area is 94.5 Å². The molecule has 0 radical (unpaired) electrons. The van der Waals surface area contributed by atoms with Crippen LogP contribution in [0.25, 0.3) is 0 Å². The molecular weight excluding hydrogens is 186 g/mol. The van der Waals surface area contributed by atoms with Crippen LogP contribution in [0.3, 0.4) is 0 Å². The first kappa shape index (κ1) is 16.5. The summed E-state index contributed by atoms with van der Waals surface area (Å²) in [7, 11) is 1.86. The average molecular weight is 211 g/mol. The third-order valence-corrected chi connectivity index (χ3v) is 2.07. The van der Waals surface area contributed by atoms with E-state index in [0.29, 0.717) is 5.78 Å². The summed E-state index contributed by atoms with van der Waals surface area (Å²) >= 11 is 0. The fraction of sp³-hybridized carbons (Fsp3) is 0.615. The third-order valence-electron chi connectivity index (χ3n) is 2.07. The quantitative estimate of drug-likeness (QED) is 0.711. The van der Waals surface area contributed by atoms with Gasteiger partial charge >= 0.3 is 0 Å². The minimum atomic E-state index is 0.166. The fourth-order valence-electron chi connectivity index (χ4n) is 1.29. The molecule has 1 saturated carbocycles. The smallest absolute Gasteiger partial charge is 0.149 e. The maximum atomic E-state index is 11.0. The number of rotatable bonds is 2. The van der Waals surface area contributed by atoms with Crippen molar-refractivity contribution < 1.29 is 4.79 Å². The number of likely N-dealkylation sites (N-methyl/N-ethyl adjacent to an activating group) is 1. The molecule has 0 aromatic heterocycles. The lowest BCUT2D eigenvalue weighted by Crippen LogP contribution is -2.36. The summed E-state index contributed by atoms with van der Waals surface area (Å²) in [4.78, 5) is 11.0. The van der Waals surface area contributed by atoms with Crippen LogP contribution >= 0.6 is 0 Å². The van der Waals surface area contributed by atoms with Crippen LogP contribution in [-0.4, -0.2) is 18.9 Å². The Morgan fingerprint density at radius 1 is 1.27 bits per heavy atom. The van der Waals surface area contributed by atoms with E-state index in [9.17, 15) is 4.79 Å². The van der Waals surface area contributed by atoms with Gasteiger partial charge in [-0.15, -0.1) is 0 Å². The standard InChI is InChI=1S/C7H13NO.C4H6.C2H6/c1-8-6-4-2-3-5-7(6)9;1-3-4-2;1-2/h6,8H,2-5H2,1H3;3-4H,1-2H2;1-2H3. The highest BCUT2D eigenvalue weighted by molar-refractivity contribution is 5.84. The Bertz CT molecular complexity index is 169. The number of hydrogen-bond acceptors (Lipinski definition) is 2. The van der Waals surface area contributed by atoms with Crippen LogP contribution in [-0.2, 0) is 4.79 Å². The molecule has 0 heterocycles. The molecule has 0 amide bonds. The molecule has 1 unspecified atom stereocenters. The minimum absolute atomic E-state index is 0.166. The molecule has 1 rings (SSSR count). The van der Waals surface area contributed by atoms with Crippen molar-refractivity contribution in [3.05, 3.63) is 25.3 Å². The van der Waals surface area contributed by atoms with Crippen molar-refractivity contribution in [1.29, 1.82) is 0 Å². The van der Waals surface area contributed by atoms with E-state index in [0.717, 1.165) is 19.3 Å². The van der Waals surface area contributed by atoms with Gasteiger partial charge in [-0.2, -0.15) is 0 Å². The maximum Gasteiger partial charge on any atom is 0.149 e. The van der Waals surface area contributed by atoms with Crippen LogP contribution in [0.15, 0.2) is 25.3 Å². The van der Waals surface area contributed by atoms with Crippen molar-refractivity contribution in [2.75, 3.05) is 7.05 Å². The monoisotopic (exact) mass is 211 g/mol. The van der Waals surface area contributed by atoms with Gasteiger partial charge in [0.05, 0.1) is 6.04 Å². The van der Waals surface area contributed by atoms with E-state index in [2.05, 4.69) is 18.5 Å². The van der Waals surface area contributed by atoms with Gasteiger partial charge in [-0.3, -0.25) is 4.79 Å². The van der Waals surface area contributed by atoms with Gasteiger partial charge in [-0.1, -0.05) is 45.6 Å². The zero-order chi connectivity index (χ0) is 12.1. The molecule has 1 fully saturated rings. The van der Waals surface area contributed by atoms with Gasteiger partial charge < -0.3 is 5.32 Å². The van der Waals surface area contributed by atoms with Gasteiger partial charge in [-0.25, -0.2) is 0 Å². The number of hydrogen-bond donors (Lipinski definition) is 1. The zero-order valence-corrected chi connectivity index (χ0v) is 10.4. The highest BCUT2D eigenvalue weighted by atomic mass is 16.1. The molecule has 1 aliphatic rings. The van der Waals surface area contributed by atoms with Crippen LogP contribution in [0.4, 0.5) is 0 Å². The number of ketones is 1. The SMILES string of the molecule is C=CC=C.CC.CNC1CCCCC1=O. The van der Waals surface area contributed by atoms with Crippen molar-refractivity contribution in [3.63, 3.8) is 0 Å². The Hall–Kier alpha value is -0.890. The first-order valence-corrected chi connectivity index (χ1v) is 5.69. The number of Topliss-reactive ketones (excluding diaryl/α,β-unsaturated/α-hetero) is 1. The molecular formula is C13H25NO. The Kier molecular flexibility index (Phi) is 14.5. The van der Waals surface area contributed by atoms with Crippen molar-refractivity contribution >= 4 is 5.78 Å². The maximum absolute atomic E-state index is 11.0. The second kappa shape index (κ2) is 13.1. The van der Waals surface area contributed by atoms with Gasteiger partial charge in [0.2, 0.25) is 0 Å². The van der Waals surface area contributed by atoms with Crippen LogP contribution in [0.5, 0.6) is 0 Å². The summed E-state index contributed by atoms with van der Waals surface area (Å²) in [5.41, 5.74) is 0. The lowest BCUT2D eigenvalue weighted by Gasteiger charge is -2.18. The summed E-state index contributed by atoms with van der Waals surface area (Å²) in [6.07, 6.45) is 7.40. The van der Waals surface area contributed by atoms with Gasteiger partial charge in [0.25, 0.3) is 0 Å². The molecule has 1 aliphatic carbocycles. The molecule has 0 spiro atoms. The minimum Gasteiger partial charge on any atom is -0.311 e. The fourth-order valence-corrected chi connectivity index (χ4v) is 1.29. The van der Waals surface area contributed by atoms with Gasteiger partial charge in [0.1, 0.15) is 5.78 Å². The molecule has 1 atom stereocenters. The summed E-state index contributed by atoms with van der Waals surface area (Å²) in [5.74, 6) is 0.392. The predicted octanol–water partition coefficient (Wildman–Crippen LogP) is 3.10. The summed E-state index contributed by atoms with van der Waals surface area (Å²) in [5, 5.41) is 3.00. The van der Waals surface area contributed by atoms with Crippen LogP contribution in [0.2, 0.25) is 0 Å². The molecule has 0 bridgehead atoms. The Morgan fingerprint density at radius 3 is 2.07 bits per heavy atom. The van der Waals surface area contributed by atoms with Crippen molar-refractivity contribution in [2.45, 2.75) is 45.6 Å². The molecule has 0 aromatic carbocycles. The molecule has 0 aromatic rings. The van der Waals surface area contributed by atoms with Crippen LogP contribution in [0, 0.1) is 0 Å². The number of carbonyl (C=O) groups is 1. The third kappa shape index (κ3) is 9.42. The van der Waals surface area contributed by atoms with E-state index in [-0.39, 0.29) is 6.04 Å². The van der Waals surface area contributed by atoms with E-state index in [1.807, 2.05) is 20.9 Å². The molecule has 2 heteroatoms. The van der Waals surface area contributed by atoms with E-state index < -0.39 is 0 Å². The molecule has 88 valence electrons. The van der Waals surface area contributed by atoms with E-state index >= 15 is 0 Å². The Morgan fingerprint density at radius 2 is 1.80 bits per heavy atom. The first-order valence-electron chi connectivity index (χ1n) is 5.69.